The third kappa shape index (κ3) is 2.79. The minimum Gasteiger partial charge on any atom is -0.508 e. The van der Waals surface area contributed by atoms with E-state index < -0.39 is 16.1 Å². The Morgan fingerprint density at radius 3 is 2.32 bits per heavy atom. The largest absolute Gasteiger partial charge is 0.508 e. The second kappa shape index (κ2) is 5.06. The van der Waals surface area contributed by atoms with E-state index in [1.165, 1.54) is 33.5 Å². The number of aromatic hydroxyl groups is 1. The Kier molecular flexibility index (Phi) is 3.63. The Balaban J connectivity index is 2.16. The molecule has 8 heteroatoms. The SMILES string of the molecule is O=C(O)N1CCN(S(=O)(=O)c2cccc(O)c2)CC1. The van der Waals surface area contributed by atoms with Crippen LogP contribution in [-0.2, 0) is 10.0 Å². The summed E-state index contributed by atoms with van der Waals surface area (Å²) in [6.45, 7) is 0.523. The summed E-state index contributed by atoms with van der Waals surface area (Å²) in [4.78, 5) is 11.9. The quantitative estimate of drug-likeness (QED) is 0.819. The van der Waals surface area contributed by atoms with Crippen LogP contribution in [0.5, 0.6) is 5.75 Å². The normalized spacial score (nSPS) is 17.4. The molecule has 104 valence electrons. The fourth-order valence-corrected chi connectivity index (χ4v) is 3.38. The topological polar surface area (TPSA) is 98.2 Å². The van der Waals surface area contributed by atoms with Crippen molar-refractivity contribution in [2.45, 2.75) is 4.90 Å². The predicted molar refractivity (Wildman–Crippen MR) is 66.5 cm³/mol. The van der Waals surface area contributed by atoms with Crippen molar-refractivity contribution in [3.63, 3.8) is 0 Å². The van der Waals surface area contributed by atoms with Crippen molar-refractivity contribution in [3.8, 4) is 5.75 Å². The maximum absolute atomic E-state index is 12.3. The molecule has 2 rings (SSSR count). The van der Waals surface area contributed by atoms with E-state index in [-0.39, 0.29) is 36.8 Å². The maximum Gasteiger partial charge on any atom is 0.407 e. The molecule has 1 heterocycles. The second-order valence-corrected chi connectivity index (χ2v) is 6.11. The van der Waals surface area contributed by atoms with Crippen LogP contribution in [0.1, 0.15) is 0 Å². The molecule has 1 amide bonds. The molecular formula is C11H14N2O5S. The van der Waals surface area contributed by atoms with Crippen molar-refractivity contribution >= 4 is 16.1 Å². The van der Waals surface area contributed by atoms with Crippen molar-refractivity contribution in [1.29, 1.82) is 0 Å². The monoisotopic (exact) mass is 286 g/mol. The van der Waals surface area contributed by atoms with Gasteiger partial charge in [-0.15, -0.1) is 0 Å². The summed E-state index contributed by atoms with van der Waals surface area (Å²) in [6.07, 6.45) is -1.05. The van der Waals surface area contributed by atoms with E-state index in [0.29, 0.717) is 0 Å². The zero-order valence-electron chi connectivity index (χ0n) is 10.1. The van der Waals surface area contributed by atoms with Gasteiger partial charge in [0.2, 0.25) is 10.0 Å². The molecule has 19 heavy (non-hydrogen) atoms. The molecular weight excluding hydrogens is 272 g/mol. The fourth-order valence-electron chi connectivity index (χ4n) is 1.91. The lowest BCUT2D eigenvalue weighted by molar-refractivity contribution is 0.126. The molecule has 2 N–H and O–H groups in total. The second-order valence-electron chi connectivity index (χ2n) is 4.17. The molecule has 1 aliphatic rings. The lowest BCUT2D eigenvalue weighted by Crippen LogP contribution is -2.50. The number of phenols is 1. The molecule has 1 saturated heterocycles. The molecule has 0 radical (unpaired) electrons. The predicted octanol–water partition coefficient (Wildman–Crippen LogP) is 0.377. The van der Waals surface area contributed by atoms with Gasteiger partial charge in [0.1, 0.15) is 5.75 Å². The van der Waals surface area contributed by atoms with Crippen LogP contribution < -0.4 is 0 Å². The first-order valence-corrected chi connectivity index (χ1v) is 7.12. The lowest BCUT2D eigenvalue weighted by atomic mass is 10.3. The standard InChI is InChI=1S/C11H14N2O5S/c14-9-2-1-3-10(8-9)19(17,18)13-6-4-12(5-7-13)11(15)16/h1-3,8,14H,4-7H2,(H,15,16). The van der Waals surface area contributed by atoms with Crippen LogP contribution in [0.15, 0.2) is 29.2 Å². The first-order chi connectivity index (χ1) is 8.91. The summed E-state index contributed by atoms with van der Waals surface area (Å²) < 4.78 is 25.8. The molecule has 0 aliphatic carbocycles. The average Bonchev–Trinajstić information content (AvgIpc) is 2.39. The highest BCUT2D eigenvalue weighted by Crippen LogP contribution is 2.21. The number of hydrogen-bond donors (Lipinski definition) is 2. The maximum atomic E-state index is 12.3. The third-order valence-electron chi connectivity index (χ3n) is 2.96. The van der Waals surface area contributed by atoms with Crippen molar-refractivity contribution in [2.75, 3.05) is 26.2 Å². The Morgan fingerprint density at radius 1 is 1.16 bits per heavy atom. The Labute approximate surface area is 110 Å². The van der Waals surface area contributed by atoms with E-state index in [2.05, 4.69) is 0 Å². The van der Waals surface area contributed by atoms with Gasteiger partial charge in [-0.3, -0.25) is 0 Å². The van der Waals surface area contributed by atoms with Crippen molar-refractivity contribution in [3.05, 3.63) is 24.3 Å². The van der Waals surface area contributed by atoms with Gasteiger partial charge < -0.3 is 15.1 Å². The molecule has 0 atom stereocenters. The number of piperazine rings is 1. The van der Waals surface area contributed by atoms with Crippen LogP contribution in [0.4, 0.5) is 4.79 Å². The van der Waals surface area contributed by atoms with Crippen LogP contribution in [0.25, 0.3) is 0 Å². The summed E-state index contributed by atoms with van der Waals surface area (Å²) >= 11 is 0. The molecule has 7 nitrogen and oxygen atoms in total. The first kappa shape index (κ1) is 13.6. The van der Waals surface area contributed by atoms with Crippen LogP contribution in [0.2, 0.25) is 0 Å². The molecule has 1 aromatic carbocycles. The number of carboxylic acid groups (broad SMARTS) is 1. The Bertz CT molecular complexity index is 579. The average molecular weight is 286 g/mol. The first-order valence-electron chi connectivity index (χ1n) is 5.68. The molecule has 0 aromatic heterocycles. The van der Waals surface area contributed by atoms with Crippen LogP contribution in [0.3, 0.4) is 0 Å². The van der Waals surface area contributed by atoms with Gasteiger partial charge in [0, 0.05) is 26.2 Å². The number of carbonyl (C=O) groups is 1. The lowest BCUT2D eigenvalue weighted by Gasteiger charge is -2.32. The number of amides is 1. The van der Waals surface area contributed by atoms with Gasteiger partial charge in [-0.25, -0.2) is 13.2 Å². The number of hydrogen-bond acceptors (Lipinski definition) is 4. The third-order valence-corrected chi connectivity index (χ3v) is 4.86. The number of rotatable bonds is 2. The van der Waals surface area contributed by atoms with Gasteiger partial charge in [-0.1, -0.05) is 6.07 Å². The summed E-state index contributed by atoms with van der Waals surface area (Å²) in [7, 11) is -3.68. The fraction of sp³-hybridized carbons (Fsp3) is 0.364. The summed E-state index contributed by atoms with van der Waals surface area (Å²) in [6, 6.07) is 5.43. The highest BCUT2D eigenvalue weighted by atomic mass is 32.2. The van der Waals surface area contributed by atoms with Gasteiger partial charge in [0.15, 0.2) is 0 Å². The van der Waals surface area contributed by atoms with Crippen molar-refractivity contribution in [2.24, 2.45) is 0 Å². The smallest absolute Gasteiger partial charge is 0.407 e. The van der Waals surface area contributed by atoms with Gasteiger partial charge >= 0.3 is 6.09 Å². The number of sulfonamides is 1. The van der Waals surface area contributed by atoms with Gasteiger partial charge in [-0.05, 0) is 18.2 Å². The summed E-state index contributed by atoms with van der Waals surface area (Å²) in [5, 5.41) is 18.1. The zero-order valence-corrected chi connectivity index (χ0v) is 10.9. The molecule has 1 aromatic rings. The van der Waals surface area contributed by atoms with Gasteiger partial charge in [0.05, 0.1) is 4.90 Å². The molecule has 1 aliphatic heterocycles. The number of phenolic OH excluding ortho intramolecular Hbond substituents is 1. The highest BCUT2D eigenvalue weighted by Gasteiger charge is 2.30. The van der Waals surface area contributed by atoms with Crippen molar-refractivity contribution in [1.82, 2.24) is 9.21 Å². The number of nitrogens with zero attached hydrogens (tertiary/aromatic N) is 2. The molecule has 0 saturated carbocycles. The molecule has 0 bridgehead atoms. The minimum atomic E-state index is -3.68. The number of benzene rings is 1. The highest BCUT2D eigenvalue weighted by molar-refractivity contribution is 7.89. The van der Waals surface area contributed by atoms with Crippen LogP contribution in [0, 0.1) is 0 Å². The van der Waals surface area contributed by atoms with Crippen LogP contribution in [-0.4, -0.2) is 60.1 Å². The Morgan fingerprint density at radius 2 is 1.79 bits per heavy atom. The van der Waals surface area contributed by atoms with Gasteiger partial charge in [0.25, 0.3) is 0 Å². The van der Waals surface area contributed by atoms with Crippen molar-refractivity contribution < 1.29 is 23.4 Å². The molecule has 0 spiro atoms. The van der Waals surface area contributed by atoms with E-state index in [1.54, 1.807) is 0 Å². The van der Waals surface area contributed by atoms with Gasteiger partial charge in [-0.2, -0.15) is 4.31 Å². The van der Waals surface area contributed by atoms with E-state index in [4.69, 9.17) is 5.11 Å². The minimum absolute atomic E-state index is 0.0104. The van der Waals surface area contributed by atoms with Crippen LogP contribution >= 0.6 is 0 Å². The summed E-state index contributed by atoms with van der Waals surface area (Å²) in [5.74, 6) is -0.120. The van der Waals surface area contributed by atoms with E-state index in [0.717, 1.165) is 0 Å². The molecule has 0 unspecified atom stereocenters. The zero-order chi connectivity index (χ0) is 14.0. The Hall–Kier alpha value is -1.80. The van der Waals surface area contributed by atoms with E-state index in [9.17, 15) is 18.3 Å². The van der Waals surface area contributed by atoms with E-state index in [1.807, 2.05) is 0 Å². The van der Waals surface area contributed by atoms with E-state index >= 15 is 0 Å². The summed E-state index contributed by atoms with van der Waals surface area (Å²) in [5.41, 5.74) is 0. The molecule has 1 fully saturated rings.